The number of nitrogens with zero attached hydrogens (tertiary/aromatic N) is 3. The van der Waals surface area contributed by atoms with Crippen molar-refractivity contribution in [3.05, 3.63) is 59.4 Å². The van der Waals surface area contributed by atoms with Gasteiger partial charge in [0.05, 0.1) is 25.3 Å². The number of methoxy groups -OCH3 is 1. The van der Waals surface area contributed by atoms with Crippen molar-refractivity contribution < 1.29 is 14.3 Å². The van der Waals surface area contributed by atoms with E-state index in [-0.39, 0.29) is 17.7 Å². The van der Waals surface area contributed by atoms with Gasteiger partial charge < -0.3 is 14.5 Å². The van der Waals surface area contributed by atoms with Crippen LogP contribution in [0.3, 0.4) is 0 Å². The molecule has 6 heteroatoms. The number of benzene rings is 1. The highest BCUT2D eigenvalue weighted by molar-refractivity contribution is 5.83. The molecular formula is C23H29N3O3. The smallest absolute Gasteiger partial charge is 0.227 e. The van der Waals surface area contributed by atoms with E-state index in [1.54, 1.807) is 24.0 Å². The molecule has 0 spiro atoms. The molecule has 0 N–H and O–H groups in total. The van der Waals surface area contributed by atoms with E-state index < -0.39 is 0 Å². The monoisotopic (exact) mass is 395 g/mol. The summed E-state index contributed by atoms with van der Waals surface area (Å²) in [4.78, 5) is 33.3. The van der Waals surface area contributed by atoms with Crippen LogP contribution in [0.15, 0.2) is 42.6 Å². The molecule has 0 aliphatic carbocycles. The zero-order valence-electron chi connectivity index (χ0n) is 17.4. The fourth-order valence-electron chi connectivity index (χ4n) is 3.65. The Morgan fingerprint density at radius 3 is 2.79 bits per heavy atom. The third-order valence-electron chi connectivity index (χ3n) is 5.43. The molecule has 2 heterocycles. The molecule has 2 aromatic rings. The number of carbonyl (C=O) groups is 2. The van der Waals surface area contributed by atoms with E-state index >= 15 is 0 Å². The molecule has 1 atom stereocenters. The SMILES string of the molecule is CCc1ccc(CN(C)C(=O)[C@@H]2CCC(=O)N(Cc3cccc(OC)c3)C2)nc1. The summed E-state index contributed by atoms with van der Waals surface area (Å²) in [5.74, 6) is 0.741. The lowest BCUT2D eigenvalue weighted by Crippen LogP contribution is -2.45. The van der Waals surface area contributed by atoms with Crippen LogP contribution in [-0.2, 0) is 29.1 Å². The predicted octanol–water partition coefficient (Wildman–Crippen LogP) is 3.05. The minimum atomic E-state index is -0.182. The molecule has 1 aliphatic rings. The average Bonchev–Trinajstić information content (AvgIpc) is 2.75. The zero-order valence-corrected chi connectivity index (χ0v) is 17.4. The molecule has 1 fully saturated rings. The third kappa shape index (κ3) is 5.34. The van der Waals surface area contributed by atoms with Crippen molar-refractivity contribution in [1.29, 1.82) is 0 Å². The number of aryl methyl sites for hydroxylation is 1. The Balaban J connectivity index is 1.61. The van der Waals surface area contributed by atoms with E-state index in [9.17, 15) is 9.59 Å². The van der Waals surface area contributed by atoms with Crippen molar-refractivity contribution in [2.24, 2.45) is 5.92 Å². The average molecular weight is 396 g/mol. The van der Waals surface area contributed by atoms with Gasteiger partial charge in [0.2, 0.25) is 11.8 Å². The van der Waals surface area contributed by atoms with Crippen molar-refractivity contribution in [3.63, 3.8) is 0 Å². The fraction of sp³-hybridized carbons (Fsp3) is 0.435. The maximum Gasteiger partial charge on any atom is 0.227 e. The normalized spacial score (nSPS) is 16.6. The molecule has 29 heavy (non-hydrogen) atoms. The van der Waals surface area contributed by atoms with Gasteiger partial charge in [0, 0.05) is 32.8 Å². The van der Waals surface area contributed by atoms with Crippen LogP contribution in [0.25, 0.3) is 0 Å². The molecule has 3 rings (SSSR count). The second-order valence-corrected chi connectivity index (χ2v) is 7.57. The first-order valence-corrected chi connectivity index (χ1v) is 10.1. The molecule has 0 bridgehead atoms. The number of hydrogen-bond acceptors (Lipinski definition) is 4. The maximum atomic E-state index is 13.0. The molecule has 154 valence electrons. The van der Waals surface area contributed by atoms with E-state index in [1.807, 2.05) is 36.5 Å². The van der Waals surface area contributed by atoms with Gasteiger partial charge in [-0.25, -0.2) is 0 Å². The summed E-state index contributed by atoms with van der Waals surface area (Å²) < 4.78 is 5.26. The molecule has 0 saturated carbocycles. The number of rotatable bonds is 7. The largest absolute Gasteiger partial charge is 0.497 e. The number of pyridine rings is 1. The molecule has 0 unspecified atom stereocenters. The van der Waals surface area contributed by atoms with Gasteiger partial charge in [0.25, 0.3) is 0 Å². The van der Waals surface area contributed by atoms with Gasteiger partial charge in [-0.05, 0) is 42.2 Å². The number of ether oxygens (including phenoxy) is 1. The Hall–Kier alpha value is -2.89. The van der Waals surface area contributed by atoms with Crippen molar-refractivity contribution in [2.45, 2.75) is 39.3 Å². The number of aromatic nitrogens is 1. The Morgan fingerprint density at radius 2 is 2.10 bits per heavy atom. The second kappa shape index (κ2) is 9.54. The molecule has 1 aromatic carbocycles. The molecule has 1 aliphatic heterocycles. The van der Waals surface area contributed by atoms with Gasteiger partial charge in [0.1, 0.15) is 5.75 Å². The molecular weight excluding hydrogens is 366 g/mol. The minimum absolute atomic E-state index is 0.0644. The topological polar surface area (TPSA) is 62.7 Å². The summed E-state index contributed by atoms with van der Waals surface area (Å²) in [6.45, 7) is 3.50. The standard InChI is InChI=1S/C23H29N3O3/c1-4-17-8-10-20(24-13-17)16-25(2)23(28)19-9-11-22(27)26(15-19)14-18-6-5-7-21(12-18)29-3/h5-8,10,12-13,19H,4,9,11,14-16H2,1-3H3/t19-/m1/s1. The van der Waals surface area contributed by atoms with Gasteiger partial charge in [-0.3, -0.25) is 14.6 Å². The van der Waals surface area contributed by atoms with E-state index in [2.05, 4.69) is 18.0 Å². The Bertz CT molecular complexity index is 851. The van der Waals surface area contributed by atoms with Crippen LogP contribution in [0.1, 0.15) is 36.6 Å². The first kappa shape index (κ1) is 20.8. The Morgan fingerprint density at radius 1 is 1.28 bits per heavy atom. The highest BCUT2D eigenvalue weighted by Gasteiger charge is 2.32. The quantitative estimate of drug-likeness (QED) is 0.723. The first-order valence-electron chi connectivity index (χ1n) is 10.1. The van der Waals surface area contributed by atoms with Crippen molar-refractivity contribution in [2.75, 3.05) is 20.7 Å². The lowest BCUT2D eigenvalue weighted by atomic mass is 9.95. The highest BCUT2D eigenvalue weighted by atomic mass is 16.5. The van der Waals surface area contributed by atoms with Gasteiger partial charge in [-0.15, -0.1) is 0 Å². The predicted molar refractivity (Wildman–Crippen MR) is 111 cm³/mol. The number of piperidine rings is 1. The lowest BCUT2D eigenvalue weighted by molar-refractivity contribution is -0.143. The van der Waals surface area contributed by atoms with Crippen LogP contribution < -0.4 is 4.74 Å². The van der Waals surface area contributed by atoms with Crippen LogP contribution in [0, 0.1) is 5.92 Å². The summed E-state index contributed by atoms with van der Waals surface area (Å²) in [5.41, 5.74) is 3.05. The van der Waals surface area contributed by atoms with Gasteiger partial charge >= 0.3 is 0 Å². The van der Waals surface area contributed by atoms with E-state index in [4.69, 9.17) is 4.74 Å². The molecule has 6 nitrogen and oxygen atoms in total. The molecule has 1 saturated heterocycles. The van der Waals surface area contributed by atoms with Crippen molar-refractivity contribution in [1.82, 2.24) is 14.8 Å². The minimum Gasteiger partial charge on any atom is -0.497 e. The molecule has 2 amide bonds. The summed E-state index contributed by atoms with van der Waals surface area (Å²) >= 11 is 0. The number of carbonyl (C=O) groups excluding carboxylic acids is 2. The Labute approximate surface area is 172 Å². The van der Waals surface area contributed by atoms with Gasteiger partial charge in [-0.1, -0.05) is 25.1 Å². The van der Waals surface area contributed by atoms with Crippen LogP contribution in [0.5, 0.6) is 5.75 Å². The fourth-order valence-corrected chi connectivity index (χ4v) is 3.65. The maximum absolute atomic E-state index is 13.0. The third-order valence-corrected chi connectivity index (χ3v) is 5.43. The highest BCUT2D eigenvalue weighted by Crippen LogP contribution is 2.23. The van der Waals surface area contributed by atoms with Gasteiger partial charge in [-0.2, -0.15) is 0 Å². The summed E-state index contributed by atoms with van der Waals surface area (Å²) in [6, 6.07) is 11.7. The summed E-state index contributed by atoms with van der Waals surface area (Å²) in [6.07, 6.45) is 3.81. The lowest BCUT2D eigenvalue weighted by Gasteiger charge is -2.34. The van der Waals surface area contributed by atoms with Crippen LogP contribution in [0.4, 0.5) is 0 Å². The van der Waals surface area contributed by atoms with E-state index in [1.165, 1.54) is 5.56 Å². The number of likely N-dealkylation sites (tertiary alicyclic amines) is 1. The van der Waals surface area contributed by atoms with Crippen LogP contribution >= 0.6 is 0 Å². The first-order chi connectivity index (χ1) is 14.0. The number of amides is 2. The zero-order chi connectivity index (χ0) is 20.8. The number of hydrogen-bond donors (Lipinski definition) is 0. The Kier molecular flexibility index (Phi) is 6.86. The molecule has 1 aromatic heterocycles. The summed E-state index contributed by atoms with van der Waals surface area (Å²) in [7, 11) is 3.43. The van der Waals surface area contributed by atoms with E-state index in [0.29, 0.717) is 32.5 Å². The van der Waals surface area contributed by atoms with Crippen molar-refractivity contribution >= 4 is 11.8 Å². The van der Waals surface area contributed by atoms with Crippen molar-refractivity contribution in [3.8, 4) is 5.75 Å². The molecule has 0 radical (unpaired) electrons. The van der Waals surface area contributed by atoms with Crippen LogP contribution in [0.2, 0.25) is 0 Å². The van der Waals surface area contributed by atoms with Crippen LogP contribution in [-0.4, -0.2) is 47.3 Å². The summed E-state index contributed by atoms with van der Waals surface area (Å²) in [5, 5.41) is 0. The van der Waals surface area contributed by atoms with E-state index in [0.717, 1.165) is 23.4 Å². The van der Waals surface area contributed by atoms with Gasteiger partial charge in [0.15, 0.2) is 0 Å². The second-order valence-electron chi connectivity index (χ2n) is 7.57.